The molecule has 6 heteroatoms. The maximum atomic E-state index is 5.57. The Morgan fingerprint density at radius 2 is 2.19 bits per heavy atom. The van der Waals surface area contributed by atoms with Gasteiger partial charge in [-0.25, -0.2) is 0 Å². The number of nitrogens with one attached hydrogen (secondary N) is 1. The van der Waals surface area contributed by atoms with E-state index >= 15 is 0 Å². The fraction of sp³-hybridized carbons (Fsp3) is 0.867. The summed E-state index contributed by atoms with van der Waals surface area (Å²) in [6.45, 7) is 7.24. The molecule has 0 aromatic carbocycles. The van der Waals surface area contributed by atoms with Crippen LogP contribution in [0.1, 0.15) is 31.9 Å². The molecule has 2 unspecified atom stereocenters. The maximum Gasteiger partial charge on any atom is 0.0964 e. The summed E-state index contributed by atoms with van der Waals surface area (Å²) >= 11 is 0. The number of hydrogen-bond donors (Lipinski definition) is 1. The van der Waals surface area contributed by atoms with Crippen molar-refractivity contribution in [2.24, 2.45) is 5.92 Å². The van der Waals surface area contributed by atoms with Crippen LogP contribution in [-0.4, -0.2) is 58.8 Å². The molecule has 0 radical (unpaired) electrons. The lowest BCUT2D eigenvalue weighted by Crippen LogP contribution is -2.44. The number of nitrogens with zero attached hydrogens (tertiary/aromatic N) is 4. The molecular formula is C15H27N5O. The molecule has 6 nitrogen and oxygen atoms in total. The van der Waals surface area contributed by atoms with Crippen molar-refractivity contribution in [1.82, 2.24) is 25.2 Å². The lowest BCUT2D eigenvalue weighted by atomic mass is 9.96. The van der Waals surface area contributed by atoms with Crippen LogP contribution in [0.4, 0.5) is 0 Å². The van der Waals surface area contributed by atoms with E-state index in [-0.39, 0.29) is 0 Å². The first kappa shape index (κ1) is 14.9. The van der Waals surface area contributed by atoms with Crippen molar-refractivity contribution in [3.63, 3.8) is 0 Å². The zero-order valence-electron chi connectivity index (χ0n) is 13.2. The van der Waals surface area contributed by atoms with E-state index in [1.165, 1.54) is 19.3 Å². The third-order valence-corrected chi connectivity index (χ3v) is 4.66. The smallest absolute Gasteiger partial charge is 0.0964 e. The van der Waals surface area contributed by atoms with Gasteiger partial charge in [0, 0.05) is 39.0 Å². The molecule has 1 aliphatic carbocycles. The van der Waals surface area contributed by atoms with Gasteiger partial charge < -0.3 is 10.1 Å². The molecule has 2 fully saturated rings. The standard InChI is InChI=1S/C15H27N5O/c1-12-5-6-19(11-15(12)21-2)7-8-20-10-14(17-18-20)9-16-13-3-4-13/h10,12-13,15-16H,3-9,11H2,1-2H3. The molecule has 0 amide bonds. The second kappa shape index (κ2) is 6.85. The van der Waals surface area contributed by atoms with Crippen LogP contribution in [-0.2, 0) is 17.8 Å². The van der Waals surface area contributed by atoms with Crippen molar-refractivity contribution < 1.29 is 4.74 Å². The Kier molecular flexibility index (Phi) is 4.87. The lowest BCUT2D eigenvalue weighted by molar-refractivity contribution is -0.00598. The average Bonchev–Trinajstić information content (AvgIpc) is 3.22. The molecule has 3 rings (SSSR count). The van der Waals surface area contributed by atoms with Gasteiger partial charge in [0.05, 0.1) is 18.3 Å². The van der Waals surface area contributed by atoms with Gasteiger partial charge in [-0.15, -0.1) is 5.10 Å². The number of hydrogen-bond acceptors (Lipinski definition) is 5. The fourth-order valence-electron chi connectivity index (χ4n) is 2.92. The van der Waals surface area contributed by atoms with E-state index in [0.717, 1.165) is 44.5 Å². The van der Waals surface area contributed by atoms with Gasteiger partial charge in [0.15, 0.2) is 0 Å². The van der Waals surface area contributed by atoms with E-state index < -0.39 is 0 Å². The van der Waals surface area contributed by atoms with Gasteiger partial charge in [0.25, 0.3) is 0 Å². The van der Waals surface area contributed by atoms with Crippen molar-refractivity contribution in [2.45, 2.75) is 51.4 Å². The fourth-order valence-corrected chi connectivity index (χ4v) is 2.92. The highest BCUT2D eigenvalue weighted by molar-refractivity contribution is 4.94. The minimum atomic E-state index is 0.368. The van der Waals surface area contributed by atoms with Crippen molar-refractivity contribution in [2.75, 3.05) is 26.7 Å². The molecule has 1 aromatic heterocycles. The summed E-state index contributed by atoms with van der Waals surface area (Å²) in [5.74, 6) is 0.665. The summed E-state index contributed by atoms with van der Waals surface area (Å²) in [5, 5.41) is 11.9. The summed E-state index contributed by atoms with van der Waals surface area (Å²) in [7, 11) is 1.82. The molecule has 1 saturated carbocycles. The van der Waals surface area contributed by atoms with Crippen LogP contribution in [0.3, 0.4) is 0 Å². The third-order valence-electron chi connectivity index (χ3n) is 4.66. The van der Waals surface area contributed by atoms with Crippen molar-refractivity contribution in [3.05, 3.63) is 11.9 Å². The van der Waals surface area contributed by atoms with Crippen LogP contribution in [0, 0.1) is 5.92 Å². The molecule has 2 aliphatic rings. The Morgan fingerprint density at radius 3 is 2.95 bits per heavy atom. The quantitative estimate of drug-likeness (QED) is 0.809. The molecule has 1 aliphatic heterocycles. The summed E-state index contributed by atoms with van der Waals surface area (Å²) in [6, 6.07) is 0.719. The van der Waals surface area contributed by atoms with E-state index in [2.05, 4.69) is 33.6 Å². The van der Waals surface area contributed by atoms with Crippen LogP contribution >= 0.6 is 0 Å². The maximum absolute atomic E-state index is 5.57. The van der Waals surface area contributed by atoms with Crippen LogP contribution in [0.15, 0.2) is 6.20 Å². The highest BCUT2D eigenvalue weighted by atomic mass is 16.5. The van der Waals surface area contributed by atoms with Crippen molar-refractivity contribution in [3.8, 4) is 0 Å². The van der Waals surface area contributed by atoms with Gasteiger partial charge in [-0.3, -0.25) is 9.58 Å². The molecule has 2 heterocycles. The van der Waals surface area contributed by atoms with Gasteiger partial charge in [0.1, 0.15) is 0 Å². The predicted octanol–water partition coefficient (Wildman–Crippen LogP) is 0.887. The number of rotatable bonds is 7. The Labute approximate surface area is 126 Å². The molecule has 1 aromatic rings. The van der Waals surface area contributed by atoms with Gasteiger partial charge in [-0.05, 0) is 31.7 Å². The predicted molar refractivity (Wildman–Crippen MR) is 80.9 cm³/mol. The van der Waals surface area contributed by atoms with E-state index in [4.69, 9.17) is 4.74 Å². The zero-order valence-corrected chi connectivity index (χ0v) is 13.2. The Bertz CT molecular complexity index is 445. The van der Waals surface area contributed by atoms with Crippen molar-refractivity contribution >= 4 is 0 Å². The first-order valence-electron chi connectivity index (χ1n) is 8.12. The van der Waals surface area contributed by atoms with E-state index in [1.54, 1.807) is 0 Å². The number of aromatic nitrogens is 3. The summed E-state index contributed by atoms with van der Waals surface area (Å²) in [4.78, 5) is 2.47. The Balaban J connectivity index is 1.42. The molecule has 0 spiro atoms. The molecular weight excluding hydrogens is 266 g/mol. The SMILES string of the molecule is COC1CN(CCn2cc(CNC3CC3)nn2)CCC1C. The largest absolute Gasteiger partial charge is 0.380 e. The number of likely N-dealkylation sites (tertiary alicyclic amines) is 1. The van der Waals surface area contributed by atoms with Crippen LogP contribution < -0.4 is 5.32 Å². The zero-order chi connectivity index (χ0) is 14.7. The summed E-state index contributed by atoms with van der Waals surface area (Å²) < 4.78 is 7.53. The molecule has 0 bridgehead atoms. The van der Waals surface area contributed by atoms with E-state index in [0.29, 0.717) is 12.0 Å². The molecule has 2 atom stereocenters. The topological polar surface area (TPSA) is 55.2 Å². The summed E-state index contributed by atoms with van der Waals surface area (Å²) in [5.41, 5.74) is 1.05. The second-order valence-electron chi connectivity index (χ2n) is 6.47. The molecule has 21 heavy (non-hydrogen) atoms. The second-order valence-corrected chi connectivity index (χ2v) is 6.47. The van der Waals surface area contributed by atoms with E-state index in [9.17, 15) is 0 Å². The Morgan fingerprint density at radius 1 is 1.33 bits per heavy atom. The lowest BCUT2D eigenvalue weighted by Gasteiger charge is -2.36. The first-order chi connectivity index (χ1) is 10.2. The monoisotopic (exact) mass is 293 g/mol. The highest BCUT2D eigenvalue weighted by Crippen LogP contribution is 2.20. The third kappa shape index (κ3) is 4.25. The highest BCUT2D eigenvalue weighted by Gasteiger charge is 2.25. The van der Waals surface area contributed by atoms with Crippen LogP contribution in [0.25, 0.3) is 0 Å². The minimum Gasteiger partial charge on any atom is -0.380 e. The van der Waals surface area contributed by atoms with Crippen LogP contribution in [0.2, 0.25) is 0 Å². The number of piperidine rings is 1. The van der Waals surface area contributed by atoms with Crippen molar-refractivity contribution in [1.29, 1.82) is 0 Å². The molecule has 118 valence electrons. The van der Waals surface area contributed by atoms with E-state index in [1.807, 2.05) is 11.8 Å². The normalized spacial score (nSPS) is 27.1. The Hall–Kier alpha value is -0.980. The van der Waals surface area contributed by atoms with Crippen LogP contribution in [0.5, 0.6) is 0 Å². The van der Waals surface area contributed by atoms with Gasteiger partial charge in [-0.1, -0.05) is 12.1 Å². The van der Waals surface area contributed by atoms with Gasteiger partial charge >= 0.3 is 0 Å². The molecule has 1 N–H and O–H groups in total. The summed E-state index contributed by atoms with van der Waals surface area (Å²) in [6.07, 6.45) is 6.26. The van der Waals surface area contributed by atoms with Gasteiger partial charge in [0.2, 0.25) is 0 Å². The number of methoxy groups -OCH3 is 1. The average molecular weight is 293 g/mol. The molecule has 1 saturated heterocycles. The van der Waals surface area contributed by atoms with Gasteiger partial charge in [-0.2, -0.15) is 0 Å². The minimum absolute atomic E-state index is 0.368. The number of ether oxygens (including phenoxy) is 1. The first-order valence-corrected chi connectivity index (χ1v) is 8.12.